The largest absolute Gasteiger partial charge is 0.326 e. The lowest BCUT2D eigenvalue weighted by Crippen LogP contribution is -2.24. The molecule has 0 aliphatic rings. The van der Waals surface area contributed by atoms with Gasteiger partial charge in [-0.15, -0.1) is 0 Å². The zero-order valence-corrected chi connectivity index (χ0v) is 10.2. The van der Waals surface area contributed by atoms with Crippen LogP contribution in [0, 0.1) is 5.82 Å². The van der Waals surface area contributed by atoms with Gasteiger partial charge in [0.1, 0.15) is 10.7 Å². The van der Waals surface area contributed by atoms with E-state index in [-0.39, 0.29) is 23.7 Å². The van der Waals surface area contributed by atoms with E-state index < -0.39 is 20.7 Å². The van der Waals surface area contributed by atoms with Crippen LogP contribution in [0.2, 0.25) is 5.02 Å². The van der Waals surface area contributed by atoms with Crippen LogP contribution in [0.3, 0.4) is 0 Å². The molecule has 1 aromatic rings. The van der Waals surface area contributed by atoms with E-state index in [9.17, 15) is 12.8 Å². The molecule has 0 aliphatic carbocycles. The Balaban J connectivity index is 3.39. The third-order valence-electron chi connectivity index (χ3n) is 1.92. The number of rotatable bonds is 4. The van der Waals surface area contributed by atoms with E-state index >= 15 is 0 Å². The first-order valence-corrected chi connectivity index (χ1v) is 6.46. The van der Waals surface area contributed by atoms with Crippen LogP contribution in [0.1, 0.15) is 12.5 Å². The van der Waals surface area contributed by atoms with Gasteiger partial charge >= 0.3 is 0 Å². The normalized spacial score (nSPS) is 11.8. The average Bonchev–Trinajstić information content (AvgIpc) is 2.20. The molecule has 0 saturated heterocycles. The Morgan fingerprint density at radius 1 is 1.50 bits per heavy atom. The first-order chi connectivity index (χ1) is 7.42. The fourth-order valence-electron chi connectivity index (χ4n) is 1.23. The minimum absolute atomic E-state index is 0.0731. The van der Waals surface area contributed by atoms with Crippen molar-refractivity contribution in [3.8, 4) is 0 Å². The zero-order chi connectivity index (χ0) is 12.3. The van der Waals surface area contributed by atoms with Gasteiger partial charge in [0, 0.05) is 23.7 Å². The maximum absolute atomic E-state index is 13.7. The van der Waals surface area contributed by atoms with Crippen molar-refractivity contribution in [3.63, 3.8) is 0 Å². The van der Waals surface area contributed by atoms with E-state index in [4.69, 9.17) is 17.3 Å². The van der Waals surface area contributed by atoms with Crippen LogP contribution in [0.5, 0.6) is 0 Å². The van der Waals surface area contributed by atoms with Crippen molar-refractivity contribution in [2.45, 2.75) is 18.4 Å². The maximum atomic E-state index is 13.7. The van der Waals surface area contributed by atoms with Gasteiger partial charge in [-0.05, 0) is 12.1 Å². The highest BCUT2D eigenvalue weighted by Crippen LogP contribution is 2.23. The Hall–Kier alpha value is -0.690. The highest BCUT2D eigenvalue weighted by Gasteiger charge is 2.21. The fourth-order valence-corrected chi connectivity index (χ4v) is 2.72. The predicted octanol–water partition coefficient (Wildman–Crippen LogP) is 1.24. The van der Waals surface area contributed by atoms with Gasteiger partial charge < -0.3 is 5.73 Å². The summed E-state index contributed by atoms with van der Waals surface area (Å²) in [7, 11) is -3.86. The van der Waals surface area contributed by atoms with Crippen LogP contribution in [0.15, 0.2) is 17.0 Å². The van der Waals surface area contributed by atoms with Crippen molar-refractivity contribution >= 4 is 21.6 Å². The standard InChI is InChI=1S/C9H12ClFN2O2S/c1-2-13-16(14,15)8-4-7(10)3-6(5-12)9(8)11/h3-4,13H,2,5,12H2,1H3. The lowest BCUT2D eigenvalue weighted by atomic mass is 10.2. The Bertz CT molecular complexity index is 491. The summed E-state index contributed by atoms with van der Waals surface area (Å²) in [5.41, 5.74) is 5.36. The minimum atomic E-state index is -3.86. The average molecular weight is 267 g/mol. The molecule has 0 aromatic heterocycles. The van der Waals surface area contributed by atoms with E-state index in [1.807, 2.05) is 0 Å². The Labute approximate surface area is 98.6 Å². The van der Waals surface area contributed by atoms with Gasteiger partial charge in [0.2, 0.25) is 10.0 Å². The van der Waals surface area contributed by atoms with E-state index in [1.54, 1.807) is 6.92 Å². The number of nitrogens with one attached hydrogen (secondary N) is 1. The summed E-state index contributed by atoms with van der Waals surface area (Å²) in [5.74, 6) is -0.854. The molecule has 90 valence electrons. The molecule has 0 aliphatic heterocycles. The summed E-state index contributed by atoms with van der Waals surface area (Å²) in [6.45, 7) is 1.66. The van der Waals surface area contributed by atoms with Gasteiger partial charge in [-0.2, -0.15) is 0 Å². The molecule has 3 N–H and O–H groups in total. The van der Waals surface area contributed by atoms with Crippen LogP contribution >= 0.6 is 11.6 Å². The first kappa shape index (κ1) is 13.4. The second-order valence-electron chi connectivity index (χ2n) is 3.08. The molecule has 0 saturated carbocycles. The molecule has 0 unspecified atom stereocenters. The molecule has 1 rings (SSSR count). The molecule has 4 nitrogen and oxygen atoms in total. The topological polar surface area (TPSA) is 72.2 Å². The van der Waals surface area contributed by atoms with E-state index in [2.05, 4.69) is 4.72 Å². The van der Waals surface area contributed by atoms with Crippen molar-refractivity contribution in [1.82, 2.24) is 4.72 Å². The fraction of sp³-hybridized carbons (Fsp3) is 0.333. The second-order valence-corrected chi connectivity index (χ2v) is 5.25. The van der Waals surface area contributed by atoms with Crippen LogP contribution in [-0.4, -0.2) is 15.0 Å². The van der Waals surface area contributed by atoms with Crippen molar-refractivity contribution in [2.75, 3.05) is 6.54 Å². The van der Waals surface area contributed by atoms with Gasteiger partial charge in [-0.25, -0.2) is 17.5 Å². The monoisotopic (exact) mass is 266 g/mol. The van der Waals surface area contributed by atoms with Crippen LogP contribution in [0.25, 0.3) is 0 Å². The number of hydrogen-bond donors (Lipinski definition) is 2. The lowest BCUT2D eigenvalue weighted by Gasteiger charge is -2.09. The van der Waals surface area contributed by atoms with Crippen molar-refractivity contribution in [3.05, 3.63) is 28.5 Å². The maximum Gasteiger partial charge on any atom is 0.243 e. The molecule has 0 atom stereocenters. The molecule has 16 heavy (non-hydrogen) atoms. The number of halogens is 2. The summed E-state index contributed by atoms with van der Waals surface area (Å²) < 4.78 is 39.1. The first-order valence-electron chi connectivity index (χ1n) is 4.60. The van der Waals surface area contributed by atoms with E-state index in [1.165, 1.54) is 6.07 Å². The number of hydrogen-bond acceptors (Lipinski definition) is 3. The molecule has 0 fully saturated rings. The predicted molar refractivity (Wildman–Crippen MR) is 60.2 cm³/mol. The molecule has 0 heterocycles. The Morgan fingerprint density at radius 3 is 2.62 bits per heavy atom. The smallest absolute Gasteiger partial charge is 0.243 e. The Kier molecular flexibility index (Phi) is 4.26. The van der Waals surface area contributed by atoms with Crippen molar-refractivity contribution < 1.29 is 12.8 Å². The van der Waals surface area contributed by atoms with Crippen molar-refractivity contribution in [1.29, 1.82) is 0 Å². The third-order valence-corrected chi connectivity index (χ3v) is 3.69. The van der Waals surface area contributed by atoms with Gasteiger partial charge in [-0.1, -0.05) is 18.5 Å². The molecule has 0 amide bonds. The summed E-state index contributed by atoms with van der Waals surface area (Å²) in [6, 6.07) is 2.37. The Morgan fingerprint density at radius 2 is 2.12 bits per heavy atom. The molecule has 0 radical (unpaired) electrons. The molecular formula is C9H12ClFN2O2S. The molecule has 7 heteroatoms. The third kappa shape index (κ3) is 2.70. The van der Waals surface area contributed by atoms with E-state index in [0.717, 1.165) is 6.07 Å². The van der Waals surface area contributed by atoms with E-state index in [0.29, 0.717) is 0 Å². The van der Waals surface area contributed by atoms with Crippen LogP contribution < -0.4 is 10.5 Å². The quantitative estimate of drug-likeness (QED) is 0.861. The number of sulfonamides is 1. The summed E-state index contributed by atoms with van der Waals surface area (Å²) in [5, 5.41) is 0.137. The highest BCUT2D eigenvalue weighted by molar-refractivity contribution is 7.89. The van der Waals surface area contributed by atoms with Crippen molar-refractivity contribution in [2.24, 2.45) is 5.73 Å². The van der Waals surface area contributed by atoms with Gasteiger partial charge in [0.05, 0.1) is 0 Å². The molecule has 1 aromatic carbocycles. The van der Waals surface area contributed by atoms with Gasteiger partial charge in [0.25, 0.3) is 0 Å². The molecule has 0 spiro atoms. The molecule has 0 bridgehead atoms. The van der Waals surface area contributed by atoms with Crippen LogP contribution in [0.4, 0.5) is 4.39 Å². The highest BCUT2D eigenvalue weighted by atomic mass is 35.5. The SMILES string of the molecule is CCNS(=O)(=O)c1cc(Cl)cc(CN)c1F. The summed E-state index contributed by atoms with van der Waals surface area (Å²) in [6.07, 6.45) is 0. The second kappa shape index (κ2) is 5.09. The number of benzene rings is 1. The van der Waals surface area contributed by atoms with Gasteiger partial charge in [0.15, 0.2) is 0 Å². The summed E-state index contributed by atoms with van der Waals surface area (Å²) >= 11 is 5.69. The summed E-state index contributed by atoms with van der Waals surface area (Å²) in [4.78, 5) is -0.470. The van der Waals surface area contributed by atoms with Crippen LogP contribution in [-0.2, 0) is 16.6 Å². The lowest BCUT2D eigenvalue weighted by molar-refractivity contribution is 0.551. The zero-order valence-electron chi connectivity index (χ0n) is 8.63. The number of nitrogens with two attached hydrogens (primary N) is 1. The minimum Gasteiger partial charge on any atom is -0.326 e. The van der Waals surface area contributed by atoms with Gasteiger partial charge in [-0.3, -0.25) is 0 Å². The molecular weight excluding hydrogens is 255 g/mol.